The Balaban J connectivity index is 1.34. The van der Waals surface area contributed by atoms with Crippen molar-refractivity contribution >= 4 is 35.0 Å². The van der Waals surface area contributed by atoms with Gasteiger partial charge in [0.1, 0.15) is 30.6 Å². The van der Waals surface area contributed by atoms with Gasteiger partial charge in [0.25, 0.3) is 0 Å². The van der Waals surface area contributed by atoms with Crippen LogP contribution in [0.25, 0.3) is 0 Å². The quantitative estimate of drug-likeness (QED) is 0.114. The fraction of sp³-hybridized carbons (Fsp3) is 0.310. The van der Waals surface area contributed by atoms with E-state index in [2.05, 4.69) is 20.7 Å². The maximum absolute atomic E-state index is 13.4. The summed E-state index contributed by atoms with van der Waals surface area (Å²) < 4.78 is 19.1. The summed E-state index contributed by atoms with van der Waals surface area (Å²) in [5.74, 6) is 0.356. The van der Waals surface area contributed by atoms with Gasteiger partial charge in [0.2, 0.25) is 0 Å². The Kier molecular flexibility index (Phi) is 9.95. The SMILES string of the molecule is CNc1ccc(/C=N/OCCN2CCCCC2)cc1C(=N)Nc1ccc(OCc2cccc(F)c2)c(Cl)c1. The van der Waals surface area contributed by atoms with Crippen LogP contribution in [0.15, 0.2) is 65.8 Å². The average Bonchev–Trinajstić information content (AvgIpc) is 2.93. The minimum atomic E-state index is -0.313. The Morgan fingerprint density at radius 3 is 2.71 bits per heavy atom. The zero-order valence-electron chi connectivity index (χ0n) is 21.5. The monoisotopic (exact) mass is 537 g/mol. The molecule has 7 nitrogen and oxygen atoms in total. The van der Waals surface area contributed by atoms with Crippen molar-refractivity contribution < 1.29 is 14.0 Å². The van der Waals surface area contributed by atoms with Crippen molar-refractivity contribution in [2.75, 3.05) is 43.9 Å². The zero-order valence-corrected chi connectivity index (χ0v) is 22.2. The van der Waals surface area contributed by atoms with Gasteiger partial charge >= 0.3 is 0 Å². The number of hydrogen-bond donors (Lipinski definition) is 3. The lowest BCUT2D eigenvalue weighted by Gasteiger charge is -2.25. The second-order valence-corrected chi connectivity index (χ2v) is 9.50. The number of anilines is 2. The Morgan fingerprint density at radius 1 is 1.11 bits per heavy atom. The number of halogens is 2. The van der Waals surface area contributed by atoms with Gasteiger partial charge in [-0.3, -0.25) is 10.3 Å². The molecule has 0 spiro atoms. The van der Waals surface area contributed by atoms with E-state index in [-0.39, 0.29) is 18.3 Å². The van der Waals surface area contributed by atoms with Crippen LogP contribution in [-0.4, -0.2) is 50.2 Å². The van der Waals surface area contributed by atoms with Gasteiger partial charge in [-0.1, -0.05) is 41.4 Å². The first-order chi connectivity index (χ1) is 18.5. The van der Waals surface area contributed by atoms with E-state index in [1.165, 1.54) is 31.4 Å². The summed E-state index contributed by atoms with van der Waals surface area (Å²) in [5, 5.41) is 19.4. The molecule has 3 aromatic carbocycles. The molecule has 0 unspecified atom stereocenters. The number of amidine groups is 1. The van der Waals surface area contributed by atoms with E-state index >= 15 is 0 Å². The molecule has 0 amide bonds. The first-order valence-electron chi connectivity index (χ1n) is 12.7. The lowest BCUT2D eigenvalue weighted by Crippen LogP contribution is -2.32. The molecule has 200 valence electrons. The highest BCUT2D eigenvalue weighted by atomic mass is 35.5. The maximum Gasteiger partial charge on any atom is 0.138 e. The van der Waals surface area contributed by atoms with Crippen molar-refractivity contribution in [3.8, 4) is 5.75 Å². The summed E-state index contributed by atoms with van der Waals surface area (Å²) >= 11 is 6.42. The smallest absolute Gasteiger partial charge is 0.138 e. The molecule has 1 heterocycles. The Hall–Kier alpha value is -3.62. The molecular formula is C29H33ClFN5O2. The highest BCUT2D eigenvalue weighted by Crippen LogP contribution is 2.29. The van der Waals surface area contributed by atoms with Crippen LogP contribution in [0.4, 0.5) is 15.8 Å². The molecular weight excluding hydrogens is 505 g/mol. The normalized spacial score (nSPS) is 13.9. The van der Waals surface area contributed by atoms with Gasteiger partial charge in [0.15, 0.2) is 0 Å². The number of nitrogens with one attached hydrogen (secondary N) is 3. The first kappa shape index (κ1) is 27.4. The molecule has 1 saturated heterocycles. The molecule has 9 heteroatoms. The fourth-order valence-electron chi connectivity index (χ4n) is 4.27. The van der Waals surface area contributed by atoms with Gasteiger partial charge < -0.3 is 20.2 Å². The number of benzene rings is 3. The molecule has 3 N–H and O–H groups in total. The highest BCUT2D eigenvalue weighted by Gasteiger charge is 2.12. The van der Waals surface area contributed by atoms with E-state index in [9.17, 15) is 4.39 Å². The summed E-state index contributed by atoms with van der Waals surface area (Å²) in [4.78, 5) is 7.87. The molecule has 0 saturated carbocycles. The summed E-state index contributed by atoms with van der Waals surface area (Å²) in [6.45, 7) is 3.90. The number of likely N-dealkylation sites (tertiary alicyclic amines) is 1. The zero-order chi connectivity index (χ0) is 26.7. The van der Waals surface area contributed by atoms with Gasteiger partial charge in [-0.25, -0.2) is 4.39 Å². The lowest BCUT2D eigenvalue weighted by molar-refractivity contribution is 0.103. The molecule has 4 rings (SSSR count). The van der Waals surface area contributed by atoms with Crippen LogP contribution in [0.1, 0.15) is 36.0 Å². The van der Waals surface area contributed by atoms with Gasteiger partial charge in [0.05, 0.1) is 11.2 Å². The Bertz CT molecular complexity index is 1260. The summed E-state index contributed by atoms with van der Waals surface area (Å²) in [6, 6.07) is 17.1. The molecule has 3 aromatic rings. The van der Waals surface area contributed by atoms with Crippen LogP contribution in [-0.2, 0) is 11.4 Å². The number of rotatable bonds is 11. The Labute approximate surface area is 228 Å². The Morgan fingerprint density at radius 2 is 1.95 bits per heavy atom. The predicted molar refractivity (Wildman–Crippen MR) is 152 cm³/mol. The van der Waals surface area contributed by atoms with E-state index in [1.54, 1.807) is 36.5 Å². The third kappa shape index (κ3) is 7.94. The van der Waals surface area contributed by atoms with E-state index in [1.807, 2.05) is 25.2 Å². The first-order valence-corrected chi connectivity index (χ1v) is 13.1. The fourth-order valence-corrected chi connectivity index (χ4v) is 4.50. The standard InChI is InChI=1S/C29H33ClFN5O2/c1-33-27-10-8-21(19-34-38-15-14-36-12-3-2-4-13-36)17-25(27)29(32)35-24-9-11-28(26(30)18-24)37-20-22-6-5-7-23(31)16-22/h5-11,16-19,33H,2-4,12-15,20H2,1H3,(H2,32,35)/b34-19+. The van der Waals surface area contributed by atoms with E-state index in [0.29, 0.717) is 34.2 Å². The minimum absolute atomic E-state index is 0.195. The molecule has 1 aliphatic rings. The van der Waals surface area contributed by atoms with Crippen molar-refractivity contribution in [1.82, 2.24) is 4.90 Å². The topological polar surface area (TPSA) is 82.0 Å². The van der Waals surface area contributed by atoms with Crippen molar-refractivity contribution in [2.45, 2.75) is 25.9 Å². The van der Waals surface area contributed by atoms with Crippen molar-refractivity contribution in [3.63, 3.8) is 0 Å². The molecule has 0 aromatic heterocycles. The number of nitrogens with zero attached hydrogens (tertiary/aromatic N) is 2. The molecule has 38 heavy (non-hydrogen) atoms. The largest absolute Gasteiger partial charge is 0.487 e. The van der Waals surface area contributed by atoms with E-state index < -0.39 is 0 Å². The molecule has 0 bridgehead atoms. The van der Waals surface area contributed by atoms with Crippen LogP contribution in [0.5, 0.6) is 5.75 Å². The maximum atomic E-state index is 13.4. The van der Waals surface area contributed by atoms with Gasteiger partial charge in [-0.2, -0.15) is 0 Å². The van der Waals surface area contributed by atoms with Crippen molar-refractivity contribution in [1.29, 1.82) is 5.41 Å². The summed E-state index contributed by atoms with van der Waals surface area (Å²) in [6.07, 6.45) is 5.48. The molecule has 0 radical (unpaired) electrons. The minimum Gasteiger partial charge on any atom is -0.487 e. The molecule has 0 atom stereocenters. The average molecular weight is 538 g/mol. The highest BCUT2D eigenvalue weighted by molar-refractivity contribution is 6.32. The summed E-state index contributed by atoms with van der Waals surface area (Å²) in [7, 11) is 1.81. The van der Waals surface area contributed by atoms with Gasteiger partial charge in [0, 0.05) is 30.5 Å². The number of oxime groups is 1. The van der Waals surface area contributed by atoms with Crippen LogP contribution in [0.3, 0.4) is 0 Å². The number of hydrogen-bond acceptors (Lipinski definition) is 6. The summed E-state index contributed by atoms with van der Waals surface area (Å²) in [5.41, 5.74) is 3.64. The third-order valence-corrected chi connectivity index (χ3v) is 6.59. The van der Waals surface area contributed by atoms with Crippen LogP contribution < -0.4 is 15.4 Å². The second-order valence-electron chi connectivity index (χ2n) is 9.09. The van der Waals surface area contributed by atoms with Crippen LogP contribution in [0, 0.1) is 11.2 Å². The number of ether oxygens (including phenoxy) is 1. The molecule has 1 aliphatic heterocycles. The van der Waals surface area contributed by atoms with Crippen LogP contribution in [0.2, 0.25) is 5.02 Å². The second kappa shape index (κ2) is 13.8. The van der Waals surface area contributed by atoms with E-state index in [0.717, 1.165) is 30.9 Å². The molecule has 1 fully saturated rings. The van der Waals surface area contributed by atoms with E-state index in [4.69, 9.17) is 26.6 Å². The van der Waals surface area contributed by atoms with Crippen molar-refractivity contribution in [3.05, 3.63) is 88.2 Å². The number of piperidine rings is 1. The molecule has 0 aliphatic carbocycles. The van der Waals surface area contributed by atoms with Gasteiger partial charge in [-0.05, 0) is 79.5 Å². The predicted octanol–water partition coefficient (Wildman–Crippen LogP) is 6.37. The van der Waals surface area contributed by atoms with Gasteiger partial charge in [-0.15, -0.1) is 0 Å². The van der Waals surface area contributed by atoms with Crippen molar-refractivity contribution in [2.24, 2.45) is 5.16 Å². The third-order valence-electron chi connectivity index (χ3n) is 6.29. The van der Waals surface area contributed by atoms with Crippen LogP contribution >= 0.6 is 11.6 Å². The lowest BCUT2D eigenvalue weighted by atomic mass is 10.1.